The molecule has 0 spiro atoms. The molecule has 3 aliphatic rings. The van der Waals surface area contributed by atoms with Gasteiger partial charge in [0.2, 0.25) is 0 Å². The van der Waals surface area contributed by atoms with E-state index in [1.54, 1.807) is 6.08 Å². The Bertz CT molecular complexity index is 765. The van der Waals surface area contributed by atoms with Crippen LogP contribution in [0.15, 0.2) is 18.2 Å². The van der Waals surface area contributed by atoms with Gasteiger partial charge in [-0.25, -0.2) is 4.68 Å². The van der Waals surface area contributed by atoms with Gasteiger partial charge in [-0.3, -0.25) is 9.69 Å². The Balaban J connectivity index is 1.48. The molecule has 1 aliphatic heterocycles. The molecule has 1 N–H and O–H groups in total. The maximum atomic E-state index is 13.2. The predicted molar refractivity (Wildman–Crippen MR) is 105 cm³/mol. The Kier molecular flexibility index (Phi) is 5.19. The summed E-state index contributed by atoms with van der Waals surface area (Å²) in [5.74, 6) is 0.0924. The molecule has 2 heterocycles. The van der Waals surface area contributed by atoms with Gasteiger partial charge in [-0.1, -0.05) is 25.0 Å². The zero-order chi connectivity index (χ0) is 19.0. The summed E-state index contributed by atoms with van der Waals surface area (Å²) in [4.78, 5) is 17.8. The number of nitrogens with zero attached hydrogens (tertiary/aromatic N) is 4. The summed E-state index contributed by atoms with van der Waals surface area (Å²) in [6.45, 7) is 7.40. The number of hydrogen-bond donors (Lipinski definition) is 1. The molecule has 0 bridgehead atoms. The van der Waals surface area contributed by atoms with Crippen molar-refractivity contribution in [2.75, 3.05) is 26.2 Å². The van der Waals surface area contributed by atoms with Crippen molar-refractivity contribution in [1.82, 2.24) is 19.6 Å². The number of rotatable bonds is 3. The minimum Gasteiger partial charge on any atom is -0.389 e. The van der Waals surface area contributed by atoms with Crippen molar-refractivity contribution in [3.63, 3.8) is 0 Å². The summed E-state index contributed by atoms with van der Waals surface area (Å²) >= 11 is 0. The first kappa shape index (κ1) is 18.4. The fourth-order valence-electron chi connectivity index (χ4n) is 4.75. The van der Waals surface area contributed by atoms with Gasteiger partial charge in [0.25, 0.3) is 5.91 Å². The van der Waals surface area contributed by atoms with Crippen molar-refractivity contribution in [1.29, 1.82) is 0 Å². The average Bonchev–Trinajstić information content (AvgIpc) is 3.30. The topological polar surface area (TPSA) is 61.6 Å². The molecule has 0 radical (unpaired) electrons. The van der Waals surface area contributed by atoms with E-state index in [0.717, 1.165) is 49.3 Å². The van der Waals surface area contributed by atoms with Crippen LogP contribution in [0.2, 0.25) is 0 Å². The molecule has 4 rings (SSSR count). The number of allylic oxidation sites excluding steroid dienone is 2. The van der Waals surface area contributed by atoms with Gasteiger partial charge < -0.3 is 10.0 Å². The van der Waals surface area contributed by atoms with E-state index in [1.165, 1.54) is 25.7 Å². The minimum atomic E-state index is -0.489. The highest BCUT2D eigenvalue weighted by Gasteiger charge is 2.30. The molecule has 2 aliphatic carbocycles. The van der Waals surface area contributed by atoms with E-state index in [9.17, 15) is 9.90 Å². The molecule has 0 aromatic carbocycles. The van der Waals surface area contributed by atoms with E-state index < -0.39 is 6.10 Å². The lowest BCUT2D eigenvalue weighted by molar-refractivity contribution is 0.0572. The third kappa shape index (κ3) is 3.60. The number of piperazine rings is 1. The van der Waals surface area contributed by atoms with E-state index in [0.29, 0.717) is 12.0 Å². The maximum absolute atomic E-state index is 13.2. The summed E-state index contributed by atoms with van der Waals surface area (Å²) < 4.78 is 1.82. The number of carbonyl (C=O) groups excluding carboxylic acids is 1. The minimum absolute atomic E-state index is 0.0924. The first-order chi connectivity index (χ1) is 13.0. The monoisotopic (exact) mass is 370 g/mol. The molecule has 27 heavy (non-hydrogen) atoms. The van der Waals surface area contributed by atoms with Crippen LogP contribution in [0.1, 0.15) is 53.8 Å². The van der Waals surface area contributed by atoms with Crippen molar-refractivity contribution in [3.8, 4) is 0 Å². The average molecular weight is 370 g/mol. The molecule has 1 saturated heterocycles. The van der Waals surface area contributed by atoms with E-state index in [-0.39, 0.29) is 5.91 Å². The highest BCUT2D eigenvalue weighted by Crippen LogP contribution is 2.26. The number of hydrogen-bond acceptors (Lipinski definition) is 4. The van der Waals surface area contributed by atoms with Crippen LogP contribution in [-0.2, 0) is 0 Å². The fourth-order valence-corrected chi connectivity index (χ4v) is 4.75. The van der Waals surface area contributed by atoms with Crippen molar-refractivity contribution in [2.24, 2.45) is 0 Å². The molecule has 6 nitrogen and oxygen atoms in total. The molecule has 1 atom stereocenters. The van der Waals surface area contributed by atoms with Gasteiger partial charge in [0, 0.05) is 44.3 Å². The van der Waals surface area contributed by atoms with Gasteiger partial charge in [0.1, 0.15) is 0 Å². The van der Waals surface area contributed by atoms with Crippen LogP contribution in [0.5, 0.6) is 0 Å². The molecule has 1 amide bonds. The highest BCUT2D eigenvalue weighted by atomic mass is 16.3. The first-order valence-electron chi connectivity index (χ1n) is 10.2. The SMILES string of the molecule is Cc1nn(C2=CC=CC(O)C2)c(C)c1C(=O)N1CCN(C2CCCC2)CC1. The van der Waals surface area contributed by atoms with E-state index in [4.69, 9.17) is 0 Å². The lowest BCUT2D eigenvalue weighted by Gasteiger charge is -2.38. The van der Waals surface area contributed by atoms with Gasteiger partial charge >= 0.3 is 0 Å². The van der Waals surface area contributed by atoms with Gasteiger partial charge in [0.15, 0.2) is 0 Å². The third-order valence-corrected chi connectivity index (χ3v) is 6.26. The molecule has 1 saturated carbocycles. The van der Waals surface area contributed by atoms with Crippen molar-refractivity contribution < 1.29 is 9.90 Å². The lowest BCUT2D eigenvalue weighted by Crippen LogP contribution is -2.51. The smallest absolute Gasteiger partial charge is 0.257 e. The van der Waals surface area contributed by atoms with Crippen LogP contribution in [0, 0.1) is 13.8 Å². The number of carbonyl (C=O) groups is 1. The van der Waals surface area contributed by atoms with Gasteiger partial charge in [0.05, 0.1) is 23.1 Å². The summed E-state index contributed by atoms with van der Waals surface area (Å²) in [6, 6.07) is 0.728. The zero-order valence-corrected chi connectivity index (χ0v) is 16.4. The second kappa shape index (κ2) is 7.60. The Morgan fingerprint density at radius 1 is 1.15 bits per heavy atom. The van der Waals surface area contributed by atoms with Gasteiger partial charge in [-0.2, -0.15) is 5.10 Å². The largest absolute Gasteiger partial charge is 0.389 e. The van der Waals surface area contributed by atoms with Gasteiger partial charge in [-0.05, 0) is 32.8 Å². The fraction of sp³-hybridized carbons (Fsp3) is 0.619. The molecular weight excluding hydrogens is 340 g/mol. The molecule has 1 unspecified atom stereocenters. The summed E-state index contributed by atoms with van der Waals surface area (Å²) in [5, 5.41) is 14.5. The number of amides is 1. The second-order valence-corrected chi connectivity index (χ2v) is 8.04. The van der Waals surface area contributed by atoms with Gasteiger partial charge in [-0.15, -0.1) is 0 Å². The molecular formula is C21H30N4O2. The quantitative estimate of drug-likeness (QED) is 0.887. The van der Waals surface area contributed by atoms with Crippen LogP contribution in [0.3, 0.4) is 0 Å². The van der Waals surface area contributed by atoms with Crippen LogP contribution in [0.4, 0.5) is 0 Å². The van der Waals surface area contributed by atoms with Crippen LogP contribution in [-0.4, -0.2) is 68.9 Å². The van der Waals surface area contributed by atoms with E-state index >= 15 is 0 Å². The summed E-state index contributed by atoms with van der Waals surface area (Å²) in [6.07, 6.45) is 10.9. The Labute approximate surface area is 161 Å². The number of aryl methyl sites for hydroxylation is 1. The summed E-state index contributed by atoms with van der Waals surface area (Å²) in [7, 11) is 0. The van der Waals surface area contributed by atoms with Crippen LogP contribution < -0.4 is 0 Å². The highest BCUT2D eigenvalue weighted by molar-refractivity contribution is 5.96. The molecule has 146 valence electrons. The van der Waals surface area contributed by atoms with E-state index in [2.05, 4.69) is 10.00 Å². The normalized spacial score (nSPS) is 24.5. The van der Waals surface area contributed by atoms with Crippen molar-refractivity contribution in [2.45, 2.75) is 58.1 Å². The van der Waals surface area contributed by atoms with Crippen LogP contribution in [0.25, 0.3) is 5.70 Å². The standard InChI is InChI=1S/C21H30N4O2/c1-15-20(16(2)25(22-15)18-8-5-9-19(26)14-18)21(27)24-12-10-23(11-13-24)17-6-3-4-7-17/h5,8-9,17,19,26H,3-4,6-7,10-14H2,1-2H3. The first-order valence-corrected chi connectivity index (χ1v) is 10.2. The third-order valence-electron chi connectivity index (χ3n) is 6.26. The maximum Gasteiger partial charge on any atom is 0.257 e. The Hall–Kier alpha value is -1.92. The van der Waals surface area contributed by atoms with E-state index in [1.807, 2.05) is 35.6 Å². The predicted octanol–water partition coefficient (Wildman–Crippen LogP) is 2.36. The number of aliphatic hydroxyl groups excluding tert-OH is 1. The lowest BCUT2D eigenvalue weighted by atomic mass is 10.1. The number of aromatic nitrogens is 2. The van der Waals surface area contributed by atoms with Crippen molar-refractivity contribution in [3.05, 3.63) is 35.2 Å². The van der Waals surface area contributed by atoms with Crippen LogP contribution >= 0.6 is 0 Å². The van der Waals surface area contributed by atoms with Crippen molar-refractivity contribution >= 4 is 11.6 Å². The summed E-state index contributed by atoms with van der Waals surface area (Å²) in [5.41, 5.74) is 3.27. The second-order valence-electron chi connectivity index (χ2n) is 8.04. The number of aliphatic hydroxyl groups is 1. The molecule has 6 heteroatoms. The Morgan fingerprint density at radius 3 is 2.52 bits per heavy atom. The molecule has 1 aromatic rings. The Morgan fingerprint density at radius 2 is 1.85 bits per heavy atom. The molecule has 2 fully saturated rings. The zero-order valence-electron chi connectivity index (χ0n) is 16.4. The molecule has 1 aromatic heterocycles.